The summed E-state index contributed by atoms with van der Waals surface area (Å²) in [5.74, 6) is -0.180. The molecule has 4 rings (SSSR count). The molecule has 21 heavy (non-hydrogen) atoms. The molecule has 1 fully saturated rings. The minimum atomic E-state index is -0.497. The van der Waals surface area contributed by atoms with Crippen molar-refractivity contribution in [3.63, 3.8) is 0 Å². The van der Waals surface area contributed by atoms with Gasteiger partial charge in [-0.1, -0.05) is 12.1 Å². The van der Waals surface area contributed by atoms with E-state index in [0.29, 0.717) is 27.8 Å². The maximum atomic E-state index is 14.3. The van der Waals surface area contributed by atoms with Gasteiger partial charge in [0.25, 0.3) is 0 Å². The molecule has 0 aliphatic heterocycles. The van der Waals surface area contributed by atoms with E-state index in [2.05, 4.69) is 6.07 Å². The zero-order valence-electron chi connectivity index (χ0n) is 11.4. The van der Waals surface area contributed by atoms with Crippen LogP contribution in [-0.4, -0.2) is 10.5 Å². The lowest BCUT2D eigenvalue weighted by Gasteiger charge is -2.06. The summed E-state index contributed by atoms with van der Waals surface area (Å²) < 4.78 is 16.3. The van der Waals surface area contributed by atoms with Crippen LogP contribution in [0.1, 0.15) is 23.2 Å². The Hall–Kier alpha value is -2.36. The standard InChI is InChI=1S/C17H14FN2O/c18-13-5-1-3-11-15-12(17(19)21)4-2-6-14(15)20(16(11)13)9-10-7-8-10/h1-2,4-6,10H,7-9H2,(H2,19,21). The highest BCUT2D eigenvalue weighted by Gasteiger charge is 2.25. The van der Waals surface area contributed by atoms with Gasteiger partial charge in [-0.25, -0.2) is 4.39 Å². The Labute approximate surface area is 121 Å². The summed E-state index contributed by atoms with van der Waals surface area (Å²) >= 11 is 0. The predicted octanol–water partition coefficient (Wildman–Crippen LogP) is 3.24. The number of nitrogens with two attached hydrogens (primary N) is 1. The van der Waals surface area contributed by atoms with Crippen LogP contribution in [0.2, 0.25) is 0 Å². The number of fused-ring (bicyclic) bond motifs is 3. The van der Waals surface area contributed by atoms with Gasteiger partial charge >= 0.3 is 0 Å². The number of carbonyl (C=O) groups is 1. The lowest BCUT2D eigenvalue weighted by Crippen LogP contribution is -2.11. The highest BCUT2D eigenvalue weighted by molar-refractivity contribution is 6.17. The molecule has 3 aromatic rings. The fourth-order valence-corrected chi connectivity index (χ4v) is 3.02. The molecule has 1 amide bonds. The van der Waals surface area contributed by atoms with Gasteiger partial charge in [-0.05, 0) is 43.0 Å². The minimum absolute atomic E-state index is 0.281. The van der Waals surface area contributed by atoms with Crippen LogP contribution in [0.3, 0.4) is 0 Å². The van der Waals surface area contributed by atoms with E-state index in [1.54, 1.807) is 18.2 Å². The highest BCUT2D eigenvalue weighted by atomic mass is 19.1. The number of hydrogen-bond donors (Lipinski definition) is 1. The molecular weight excluding hydrogens is 267 g/mol. The van der Waals surface area contributed by atoms with E-state index in [4.69, 9.17) is 5.73 Å². The molecule has 1 saturated carbocycles. The molecule has 0 unspecified atom stereocenters. The van der Waals surface area contributed by atoms with Crippen LogP contribution in [0, 0.1) is 17.8 Å². The van der Waals surface area contributed by atoms with Crippen molar-refractivity contribution in [2.45, 2.75) is 19.4 Å². The lowest BCUT2D eigenvalue weighted by molar-refractivity contribution is 0.100. The predicted molar refractivity (Wildman–Crippen MR) is 79.5 cm³/mol. The Morgan fingerprint density at radius 2 is 2.19 bits per heavy atom. The summed E-state index contributed by atoms with van der Waals surface area (Å²) in [7, 11) is 0. The Morgan fingerprint density at radius 3 is 2.90 bits per heavy atom. The smallest absolute Gasteiger partial charge is 0.249 e. The lowest BCUT2D eigenvalue weighted by atomic mass is 10.1. The van der Waals surface area contributed by atoms with Gasteiger partial charge in [0.05, 0.1) is 11.0 Å². The number of benzene rings is 2. The van der Waals surface area contributed by atoms with Crippen molar-refractivity contribution in [3.05, 3.63) is 47.8 Å². The second-order valence-corrected chi connectivity index (χ2v) is 5.67. The number of rotatable bonds is 3. The summed E-state index contributed by atoms with van der Waals surface area (Å²) in [6.07, 6.45) is 2.35. The third kappa shape index (κ3) is 1.82. The molecule has 105 valence electrons. The monoisotopic (exact) mass is 281 g/mol. The van der Waals surface area contributed by atoms with Gasteiger partial charge in [0.15, 0.2) is 0 Å². The fourth-order valence-electron chi connectivity index (χ4n) is 3.02. The van der Waals surface area contributed by atoms with Crippen molar-refractivity contribution in [1.82, 2.24) is 4.57 Å². The van der Waals surface area contributed by atoms with Crippen LogP contribution in [0.25, 0.3) is 21.8 Å². The molecule has 1 aliphatic rings. The van der Waals surface area contributed by atoms with E-state index in [1.807, 2.05) is 10.6 Å². The van der Waals surface area contributed by atoms with Crippen LogP contribution in [0.15, 0.2) is 30.3 Å². The normalized spacial score (nSPS) is 14.9. The summed E-state index contributed by atoms with van der Waals surface area (Å²) in [6, 6.07) is 11.4. The SMILES string of the molecule is NC(=O)c1cccc2c1c1[c]ccc(F)c1n2CC1CC1. The largest absolute Gasteiger partial charge is 0.366 e. The fraction of sp³-hybridized carbons (Fsp3) is 0.235. The van der Waals surface area contributed by atoms with E-state index < -0.39 is 5.91 Å². The van der Waals surface area contributed by atoms with E-state index in [0.717, 1.165) is 12.1 Å². The van der Waals surface area contributed by atoms with E-state index >= 15 is 0 Å². The first-order valence-electron chi connectivity index (χ1n) is 7.07. The van der Waals surface area contributed by atoms with Gasteiger partial charge in [0.1, 0.15) is 5.82 Å². The first-order chi connectivity index (χ1) is 10.2. The molecule has 3 nitrogen and oxygen atoms in total. The topological polar surface area (TPSA) is 48.0 Å². The van der Waals surface area contributed by atoms with Crippen LogP contribution in [0.4, 0.5) is 4.39 Å². The second-order valence-electron chi connectivity index (χ2n) is 5.67. The third-order valence-electron chi connectivity index (χ3n) is 4.18. The Morgan fingerprint density at radius 1 is 1.38 bits per heavy atom. The van der Waals surface area contributed by atoms with Crippen molar-refractivity contribution in [2.24, 2.45) is 11.7 Å². The molecule has 0 saturated heterocycles. The molecule has 2 N–H and O–H groups in total. The quantitative estimate of drug-likeness (QED) is 0.787. The third-order valence-corrected chi connectivity index (χ3v) is 4.18. The molecule has 4 heteroatoms. The summed E-state index contributed by atoms with van der Waals surface area (Å²) in [6.45, 7) is 0.775. The van der Waals surface area contributed by atoms with Crippen LogP contribution in [-0.2, 0) is 6.54 Å². The maximum absolute atomic E-state index is 14.3. The summed E-state index contributed by atoms with van der Waals surface area (Å²) in [5.41, 5.74) is 7.28. The molecule has 1 aromatic heterocycles. The number of halogens is 1. The molecule has 2 aromatic carbocycles. The minimum Gasteiger partial charge on any atom is -0.366 e. The van der Waals surface area contributed by atoms with E-state index in [1.165, 1.54) is 18.9 Å². The summed E-state index contributed by atoms with van der Waals surface area (Å²) in [4.78, 5) is 11.7. The van der Waals surface area contributed by atoms with Crippen molar-refractivity contribution in [2.75, 3.05) is 0 Å². The van der Waals surface area contributed by atoms with Crippen LogP contribution in [0.5, 0.6) is 0 Å². The number of amides is 1. The molecule has 0 atom stereocenters. The highest BCUT2D eigenvalue weighted by Crippen LogP contribution is 2.37. The van der Waals surface area contributed by atoms with Crippen LogP contribution < -0.4 is 5.73 Å². The zero-order chi connectivity index (χ0) is 14.6. The van der Waals surface area contributed by atoms with E-state index in [-0.39, 0.29) is 5.82 Å². The first kappa shape index (κ1) is 12.4. The second kappa shape index (κ2) is 4.32. The number of aromatic nitrogens is 1. The van der Waals surface area contributed by atoms with E-state index in [9.17, 15) is 9.18 Å². The Kier molecular flexibility index (Phi) is 2.55. The summed E-state index contributed by atoms with van der Waals surface area (Å²) in [5, 5.41) is 1.35. The van der Waals surface area contributed by atoms with Gasteiger partial charge in [-0.3, -0.25) is 4.79 Å². The molecule has 1 radical (unpaired) electrons. The Bertz CT molecular complexity index is 877. The van der Waals surface area contributed by atoms with Crippen molar-refractivity contribution in [1.29, 1.82) is 0 Å². The van der Waals surface area contributed by atoms with Gasteiger partial charge in [-0.2, -0.15) is 0 Å². The number of nitrogens with zero attached hydrogens (tertiary/aromatic N) is 1. The average molecular weight is 281 g/mol. The first-order valence-corrected chi connectivity index (χ1v) is 7.07. The maximum Gasteiger partial charge on any atom is 0.249 e. The van der Waals surface area contributed by atoms with Gasteiger partial charge in [0.2, 0.25) is 5.91 Å². The molecule has 0 bridgehead atoms. The van der Waals surface area contributed by atoms with Crippen molar-refractivity contribution >= 4 is 27.7 Å². The number of hydrogen-bond acceptors (Lipinski definition) is 1. The van der Waals surface area contributed by atoms with Gasteiger partial charge in [-0.15, -0.1) is 0 Å². The van der Waals surface area contributed by atoms with Crippen LogP contribution >= 0.6 is 0 Å². The molecule has 1 heterocycles. The molecule has 0 spiro atoms. The van der Waals surface area contributed by atoms with Gasteiger partial charge < -0.3 is 10.3 Å². The zero-order valence-corrected chi connectivity index (χ0v) is 11.4. The molecule has 1 aliphatic carbocycles. The number of primary amides is 1. The van der Waals surface area contributed by atoms with Crippen molar-refractivity contribution < 1.29 is 9.18 Å². The average Bonchev–Trinajstić information content (AvgIpc) is 3.22. The number of carbonyl (C=O) groups excluding carboxylic acids is 1. The Balaban J connectivity index is 2.16. The van der Waals surface area contributed by atoms with Gasteiger partial charge in [0, 0.05) is 22.9 Å². The van der Waals surface area contributed by atoms with Crippen molar-refractivity contribution in [3.8, 4) is 0 Å². The molecular formula is C17H14FN2O.